The Kier molecular flexibility index (Phi) is 10.5. The highest BCUT2D eigenvalue weighted by molar-refractivity contribution is 6.38. The maximum absolute atomic E-state index is 8.15. The Labute approximate surface area is 406 Å². The maximum Gasteiger partial charge on any atom is 0.0887 e. The van der Waals surface area contributed by atoms with Gasteiger partial charge in [0.15, 0.2) is 0 Å². The normalized spacial score (nSPS) is 14.2. The van der Waals surface area contributed by atoms with Crippen molar-refractivity contribution in [1.82, 2.24) is 0 Å². The third kappa shape index (κ3) is 7.12. The Morgan fingerprint density at radius 1 is 0.284 bits per heavy atom. The van der Waals surface area contributed by atoms with Gasteiger partial charge in [-0.3, -0.25) is 0 Å². The minimum atomic E-state index is 0.0376. The number of benzene rings is 10. The van der Waals surface area contributed by atoms with E-state index in [2.05, 4.69) is 210 Å². The number of para-hydroxylation sites is 2. The number of anilines is 6. The van der Waals surface area contributed by atoms with Crippen molar-refractivity contribution in [3.05, 3.63) is 285 Å². The summed E-state index contributed by atoms with van der Waals surface area (Å²) in [5, 5.41) is 1.71. The monoisotopic (exact) mass is 918 g/mol. The molecular formula is C62H41Cl3N2. The van der Waals surface area contributed by atoms with E-state index in [-0.39, 0.29) is 11.8 Å². The highest BCUT2D eigenvalue weighted by Gasteiger charge is 2.42. The lowest BCUT2D eigenvalue weighted by molar-refractivity contribution is 0.756. The Hall–Kier alpha value is -7.33. The van der Waals surface area contributed by atoms with Crippen LogP contribution in [0.5, 0.6) is 0 Å². The van der Waals surface area contributed by atoms with Gasteiger partial charge in [-0.25, -0.2) is 0 Å². The largest absolute Gasteiger partial charge is 0.307 e. The predicted molar refractivity (Wildman–Crippen MR) is 282 cm³/mol. The van der Waals surface area contributed by atoms with Gasteiger partial charge in [-0.15, -0.1) is 0 Å². The Morgan fingerprint density at radius 2 is 0.657 bits per heavy atom. The zero-order valence-electron chi connectivity index (χ0n) is 36.2. The second-order valence-electron chi connectivity index (χ2n) is 17.2. The molecule has 67 heavy (non-hydrogen) atoms. The lowest BCUT2D eigenvalue weighted by Crippen LogP contribution is -2.28. The molecule has 0 atom stereocenters. The average Bonchev–Trinajstić information content (AvgIpc) is 3.39. The first kappa shape index (κ1) is 41.1. The fourth-order valence-corrected chi connectivity index (χ4v) is 11.2. The van der Waals surface area contributed by atoms with Crippen LogP contribution in [0.4, 0.5) is 34.1 Å². The van der Waals surface area contributed by atoms with Gasteiger partial charge < -0.3 is 9.80 Å². The van der Waals surface area contributed by atoms with Crippen LogP contribution in [0.15, 0.2) is 237 Å². The number of hydrogen-bond donors (Lipinski definition) is 0. The van der Waals surface area contributed by atoms with Gasteiger partial charge >= 0.3 is 0 Å². The van der Waals surface area contributed by atoms with Gasteiger partial charge in [0.05, 0.1) is 37.8 Å². The summed E-state index contributed by atoms with van der Waals surface area (Å²) in [5.74, 6) is 0.148. The van der Waals surface area contributed by atoms with Crippen molar-refractivity contribution in [2.24, 2.45) is 0 Å². The zero-order chi connectivity index (χ0) is 45.0. The molecule has 0 radical (unpaired) electrons. The van der Waals surface area contributed by atoms with Crippen LogP contribution in [0.25, 0.3) is 33.4 Å². The van der Waals surface area contributed by atoms with Gasteiger partial charge in [-0.05, 0) is 127 Å². The number of nitrogens with zero attached hydrogens (tertiary/aromatic N) is 2. The SMILES string of the molecule is Clc1ccc(-c2ccccc2)cc1N(c1ccccc1)c1cc(-c2cccc3c2C2c4ccccc4C3c3ccccc32)cc(N(c2ccccc2)c2cc(-c3ccccc3)ccc2Cl)c1Cl. The van der Waals surface area contributed by atoms with E-state index in [0.717, 1.165) is 67.5 Å². The van der Waals surface area contributed by atoms with Crippen molar-refractivity contribution < 1.29 is 0 Å². The molecule has 5 heteroatoms. The standard InChI is InChI=1S/C62H41Cl3N2/c63-53-34-32-42(40-18-5-1-6-19-40)36-55(53)66(45-22-9-3-10-23-45)57-38-44(47-30-17-31-52-59-48-26-13-15-28-50(48)61(60(47)52)51-29-16-14-27-49(51)59)39-58(62(57)65)67(46-24-11-4-12-25-46)56-37-43(33-35-54(56)64)41-20-7-2-8-21-41/h1-39,59,61H. The van der Waals surface area contributed by atoms with Crippen molar-refractivity contribution in [2.75, 3.05) is 9.80 Å². The Bertz CT molecular complexity index is 3260. The smallest absolute Gasteiger partial charge is 0.0887 e. The summed E-state index contributed by atoms with van der Waals surface area (Å²) in [6.07, 6.45) is 0. The van der Waals surface area contributed by atoms with Crippen molar-refractivity contribution in [2.45, 2.75) is 11.8 Å². The van der Waals surface area contributed by atoms with Gasteiger partial charge in [0.2, 0.25) is 0 Å². The highest BCUT2D eigenvalue weighted by atomic mass is 35.5. The fraction of sp³-hybridized carbons (Fsp3) is 0.0323. The highest BCUT2D eigenvalue weighted by Crippen LogP contribution is 2.59. The summed E-state index contributed by atoms with van der Waals surface area (Å²) in [5.41, 5.74) is 19.5. The van der Waals surface area contributed by atoms with Crippen LogP contribution >= 0.6 is 34.8 Å². The van der Waals surface area contributed by atoms with E-state index >= 15 is 0 Å². The van der Waals surface area contributed by atoms with Crippen molar-refractivity contribution >= 4 is 68.9 Å². The molecule has 0 heterocycles. The number of halogens is 3. The molecule has 0 spiro atoms. The molecule has 2 bridgehead atoms. The second kappa shape index (κ2) is 17.1. The number of hydrogen-bond acceptors (Lipinski definition) is 2. The molecule has 3 aliphatic carbocycles. The molecule has 0 aromatic heterocycles. The van der Waals surface area contributed by atoms with Crippen LogP contribution < -0.4 is 9.80 Å². The minimum absolute atomic E-state index is 0.0376. The van der Waals surface area contributed by atoms with E-state index in [1.807, 2.05) is 36.4 Å². The Balaban J connectivity index is 1.17. The first-order valence-corrected chi connectivity index (χ1v) is 23.7. The van der Waals surface area contributed by atoms with Crippen LogP contribution in [-0.4, -0.2) is 0 Å². The van der Waals surface area contributed by atoms with Crippen molar-refractivity contribution in [3.8, 4) is 33.4 Å². The van der Waals surface area contributed by atoms with Gasteiger partial charge in [0.1, 0.15) is 0 Å². The van der Waals surface area contributed by atoms with E-state index in [0.29, 0.717) is 15.1 Å². The van der Waals surface area contributed by atoms with E-state index in [9.17, 15) is 0 Å². The molecule has 320 valence electrons. The quantitative estimate of drug-likeness (QED) is 0.142. The molecule has 13 rings (SSSR count). The lowest BCUT2D eigenvalue weighted by Gasteiger charge is -2.43. The van der Waals surface area contributed by atoms with Crippen LogP contribution in [0.2, 0.25) is 15.1 Å². The molecule has 0 saturated heterocycles. The van der Waals surface area contributed by atoms with Gasteiger partial charge in [-0.1, -0.05) is 211 Å². The summed E-state index contributed by atoms with van der Waals surface area (Å²) in [6.45, 7) is 0. The first-order chi connectivity index (χ1) is 33.0. The molecule has 10 aromatic carbocycles. The molecule has 0 amide bonds. The number of rotatable bonds is 9. The van der Waals surface area contributed by atoms with Crippen molar-refractivity contribution in [3.63, 3.8) is 0 Å². The summed E-state index contributed by atoms with van der Waals surface area (Å²) < 4.78 is 0. The lowest BCUT2D eigenvalue weighted by atomic mass is 9.60. The molecule has 3 aliphatic rings. The predicted octanol–water partition coefficient (Wildman–Crippen LogP) is 18.6. The van der Waals surface area contributed by atoms with E-state index < -0.39 is 0 Å². The fourth-order valence-electron chi connectivity index (χ4n) is 10.5. The van der Waals surface area contributed by atoms with Crippen LogP contribution in [0.1, 0.15) is 45.2 Å². The van der Waals surface area contributed by atoms with Crippen molar-refractivity contribution in [1.29, 1.82) is 0 Å². The first-order valence-electron chi connectivity index (χ1n) is 22.6. The summed E-state index contributed by atoms with van der Waals surface area (Å²) in [4.78, 5) is 4.42. The molecule has 10 aromatic rings. The van der Waals surface area contributed by atoms with Crippen LogP contribution in [0, 0.1) is 0 Å². The third-order valence-corrected chi connectivity index (χ3v) is 14.4. The molecule has 2 nitrogen and oxygen atoms in total. The maximum atomic E-state index is 8.15. The minimum Gasteiger partial charge on any atom is -0.307 e. The summed E-state index contributed by atoms with van der Waals surface area (Å²) in [6, 6.07) is 83.3. The van der Waals surface area contributed by atoms with Gasteiger partial charge in [0.25, 0.3) is 0 Å². The molecule has 0 aliphatic heterocycles. The van der Waals surface area contributed by atoms with E-state index in [4.69, 9.17) is 34.8 Å². The second-order valence-corrected chi connectivity index (χ2v) is 18.4. The van der Waals surface area contributed by atoms with E-state index in [1.54, 1.807) is 0 Å². The third-order valence-electron chi connectivity index (χ3n) is 13.4. The van der Waals surface area contributed by atoms with Gasteiger partial charge in [-0.2, -0.15) is 0 Å². The molecular weight excluding hydrogens is 879 g/mol. The summed E-state index contributed by atoms with van der Waals surface area (Å²) in [7, 11) is 0. The Morgan fingerprint density at radius 3 is 1.10 bits per heavy atom. The average molecular weight is 920 g/mol. The van der Waals surface area contributed by atoms with Crippen LogP contribution in [-0.2, 0) is 0 Å². The topological polar surface area (TPSA) is 6.48 Å². The molecule has 0 fully saturated rings. The molecule has 0 saturated carbocycles. The zero-order valence-corrected chi connectivity index (χ0v) is 38.5. The molecule has 0 unspecified atom stereocenters. The van der Waals surface area contributed by atoms with Crippen LogP contribution in [0.3, 0.4) is 0 Å². The van der Waals surface area contributed by atoms with Gasteiger partial charge in [0, 0.05) is 23.2 Å². The molecule has 0 N–H and O–H groups in total. The summed E-state index contributed by atoms with van der Waals surface area (Å²) >= 11 is 22.9. The van der Waals surface area contributed by atoms with E-state index in [1.165, 1.54) is 33.4 Å².